The van der Waals surface area contributed by atoms with E-state index in [9.17, 15) is 0 Å². The third-order valence-corrected chi connectivity index (χ3v) is 3.09. The smallest absolute Gasteiger partial charge is 0.0488 e. The molecule has 0 spiro atoms. The van der Waals surface area contributed by atoms with E-state index in [0.717, 1.165) is 0 Å². The highest BCUT2D eigenvalue weighted by Gasteiger charge is 2.06. The zero-order valence-corrected chi connectivity index (χ0v) is 10.7. The van der Waals surface area contributed by atoms with Crippen molar-refractivity contribution in [2.75, 3.05) is 5.32 Å². The summed E-state index contributed by atoms with van der Waals surface area (Å²) in [5.41, 5.74) is 5.15. The van der Waals surface area contributed by atoms with Gasteiger partial charge in [0, 0.05) is 11.7 Å². The highest BCUT2D eigenvalue weighted by molar-refractivity contribution is 5.47. The predicted molar refractivity (Wildman–Crippen MR) is 74.4 cm³/mol. The van der Waals surface area contributed by atoms with Crippen LogP contribution in [0.15, 0.2) is 48.5 Å². The van der Waals surface area contributed by atoms with Gasteiger partial charge in [-0.2, -0.15) is 0 Å². The van der Waals surface area contributed by atoms with E-state index in [4.69, 9.17) is 0 Å². The molecule has 0 aliphatic carbocycles. The largest absolute Gasteiger partial charge is 0.379 e. The maximum Gasteiger partial charge on any atom is 0.0488 e. The van der Waals surface area contributed by atoms with Gasteiger partial charge < -0.3 is 5.32 Å². The minimum Gasteiger partial charge on any atom is -0.379 e. The standard InChI is InChI=1S/C16H19N/c1-12-8-10-15(11-9-12)17-14(3)16-7-5-4-6-13(16)2/h4-11,14,17H,1-3H3. The van der Waals surface area contributed by atoms with E-state index in [1.54, 1.807) is 0 Å². The second kappa shape index (κ2) is 5.05. The Kier molecular flexibility index (Phi) is 3.48. The van der Waals surface area contributed by atoms with Gasteiger partial charge in [-0.1, -0.05) is 42.0 Å². The summed E-state index contributed by atoms with van der Waals surface area (Å²) in [5, 5.41) is 3.53. The van der Waals surface area contributed by atoms with Crippen LogP contribution in [0.2, 0.25) is 0 Å². The van der Waals surface area contributed by atoms with Crippen molar-refractivity contribution in [1.29, 1.82) is 0 Å². The number of hydrogen-bond donors (Lipinski definition) is 1. The number of aryl methyl sites for hydroxylation is 2. The molecule has 0 radical (unpaired) electrons. The Morgan fingerprint density at radius 2 is 1.53 bits per heavy atom. The molecule has 2 rings (SSSR count). The molecule has 1 N–H and O–H groups in total. The first-order valence-corrected chi connectivity index (χ1v) is 6.05. The van der Waals surface area contributed by atoms with Crippen LogP contribution in [-0.2, 0) is 0 Å². The Morgan fingerprint density at radius 1 is 0.882 bits per heavy atom. The summed E-state index contributed by atoms with van der Waals surface area (Å²) in [7, 11) is 0. The number of rotatable bonds is 3. The van der Waals surface area contributed by atoms with E-state index in [1.807, 2.05) is 0 Å². The van der Waals surface area contributed by atoms with Crippen LogP contribution in [0, 0.1) is 13.8 Å². The van der Waals surface area contributed by atoms with Crippen LogP contribution in [0.5, 0.6) is 0 Å². The molecule has 0 saturated carbocycles. The first-order valence-electron chi connectivity index (χ1n) is 6.05. The van der Waals surface area contributed by atoms with Crippen LogP contribution in [0.1, 0.15) is 29.7 Å². The van der Waals surface area contributed by atoms with Crippen molar-refractivity contribution >= 4 is 5.69 Å². The van der Waals surface area contributed by atoms with Gasteiger partial charge in [0.1, 0.15) is 0 Å². The van der Waals surface area contributed by atoms with Crippen molar-refractivity contribution in [1.82, 2.24) is 0 Å². The first-order chi connectivity index (χ1) is 8.16. The van der Waals surface area contributed by atoms with Crippen LogP contribution in [-0.4, -0.2) is 0 Å². The fourth-order valence-electron chi connectivity index (χ4n) is 2.05. The average Bonchev–Trinajstić information content (AvgIpc) is 2.32. The molecule has 0 aliphatic heterocycles. The third kappa shape index (κ3) is 2.88. The molecule has 0 saturated heterocycles. The van der Waals surface area contributed by atoms with Crippen LogP contribution in [0.3, 0.4) is 0 Å². The Bertz CT molecular complexity index is 485. The maximum atomic E-state index is 3.53. The predicted octanol–water partition coefficient (Wildman–Crippen LogP) is 4.48. The minimum atomic E-state index is 0.332. The Hall–Kier alpha value is -1.76. The van der Waals surface area contributed by atoms with Gasteiger partial charge in [-0.3, -0.25) is 0 Å². The summed E-state index contributed by atoms with van der Waals surface area (Å²) in [6.07, 6.45) is 0. The molecule has 1 unspecified atom stereocenters. The van der Waals surface area contributed by atoms with E-state index >= 15 is 0 Å². The van der Waals surface area contributed by atoms with Gasteiger partial charge in [0.25, 0.3) is 0 Å². The van der Waals surface area contributed by atoms with Crippen molar-refractivity contribution in [3.8, 4) is 0 Å². The summed E-state index contributed by atoms with van der Waals surface area (Å²) in [6.45, 7) is 6.46. The average molecular weight is 225 g/mol. The van der Waals surface area contributed by atoms with E-state index in [-0.39, 0.29) is 0 Å². The lowest BCUT2D eigenvalue weighted by molar-refractivity contribution is 0.874. The molecule has 1 atom stereocenters. The van der Waals surface area contributed by atoms with Crippen LogP contribution in [0.25, 0.3) is 0 Å². The maximum absolute atomic E-state index is 3.53. The highest BCUT2D eigenvalue weighted by Crippen LogP contribution is 2.21. The molecular formula is C16H19N. The van der Waals surface area contributed by atoms with Crippen LogP contribution in [0.4, 0.5) is 5.69 Å². The molecule has 0 amide bonds. The quantitative estimate of drug-likeness (QED) is 0.812. The summed E-state index contributed by atoms with van der Waals surface area (Å²) in [4.78, 5) is 0. The van der Waals surface area contributed by atoms with E-state index in [2.05, 4.69) is 74.6 Å². The van der Waals surface area contributed by atoms with E-state index in [1.165, 1.54) is 22.4 Å². The Labute approximate surface area is 103 Å². The van der Waals surface area contributed by atoms with Crippen molar-refractivity contribution in [3.63, 3.8) is 0 Å². The molecule has 0 bridgehead atoms. The minimum absolute atomic E-state index is 0.332. The monoisotopic (exact) mass is 225 g/mol. The lowest BCUT2D eigenvalue weighted by Crippen LogP contribution is -2.07. The van der Waals surface area contributed by atoms with Crippen molar-refractivity contribution < 1.29 is 0 Å². The molecule has 0 aliphatic rings. The van der Waals surface area contributed by atoms with Crippen molar-refractivity contribution in [2.45, 2.75) is 26.8 Å². The molecule has 0 aromatic heterocycles. The zero-order valence-electron chi connectivity index (χ0n) is 10.7. The SMILES string of the molecule is Cc1ccc(NC(C)c2ccccc2C)cc1. The van der Waals surface area contributed by atoms with Gasteiger partial charge in [0.2, 0.25) is 0 Å². The Balaban J connectivity index is 2.14. The lowest BCUT2D eigenvalue weighted by Gasteiger charge is -2.17. The highest BCUT2D eigenvalue weighted by atomic mass is 14.9. The second-order valence-corrected chi connectivity index (χ2v) is 4.59. The topological polar surface area (TPSA) is 12.0 Å². The molecule has 0 fully saturated rings. The summed E-state index contributed by atoms with van der Waals surface area (Å²) < 4.78 is 0. The summed E-state index contributed by atoms with van der Waals surface area (Å²) in [5.74, 6) is 0. The van der Waals surface area contributed by atoms with E-state index in [0.29, 0.717) is 6.04 Å². The first kappa shape index (κ1) is 11.7. The molecule has 0 heterocycles. The normalized spacial score (nSPS) is 12.2. The molecule has 1 nitrogen and oxygen atoms in total. The number of nitrogens with one attached hydrogen (secondary N) is 1. The van der Waals surface area contributed by atoms with Crippen LogP contribution >= 0.6 is 0 Å². The molecule has 2 aromatic rings. The summed E-state index contributed by atoms with van der Waals surface area (Å²) in [6, 6.07) is 17.4. The number of anilines is 1. The summed E-state index contributed by atoms with van der Waals surface area (Å²) >= 11 is 0. The molecular weight excluding hydrogens is 206 g/mol. The van der Waals surface area contributed by atoms with Crippen molar-refractivity contribution in [2.24, 2.45) is 0 Å². The number of hydrogen-bond acceptors (Lipinski definition) is 1. The Morgan fingerprint density at radius 3 is 2.18 bits per heavy atom. The second-order valence-electron chi connectivity index (χ2n) is 4.59. The van der Waals surface area contributed by atoms with Gasteiger partial charge >= 0.3 is 0 Å². The third-order valence-electron chi connectivity index (χ3n) is 3.09. The zero-order chi connectivity index (χ0) is 12.3. The van der Waals surface area contributed by atoms with Crippen LogP contribution < -0.4 is 5.32 Å². The van der Waals surface area contributed by atoms with Gasteiger partial charge in [-0.15, -0.1) is 0 Å². The molecule has 88 valence electrons. The molecule has 2 aromatic carbocycles. The van der Waals surface area contributed by atoms with Gasteiger partial charge in [0.15, 0.2) is 0 Å². The number of benzene rings is 2. The molecule has 1 heteroatoms. The fourth-order valence-corrected chi connectivity index (χ4v) is 2.05. The fraction of sp³-hybridized carbons (Fsp3) is 0.250. The van der Waals surface area contributed by atoms with Gasteiger partial charge in [-0.05, 0) is 44.0 Å². The van der Waals surface area contributed by atoms with Crippen molar-refractivity contribution in [3.05, 3.63) is 65.2 Å². The van der Waals surface area contributed by atoms with E-state index < -0.39 is 0 Å². The lowest BCUT2D eigenvalue weighted by atomic mass is 10.0. The van der Waals surface area contributed by atoms with Gasteiger partial charge in [-0.25, -0.2) is 0 Å². The van der Waals surface area contributed by atoms with Gasteiger partial charge in [0.05, 0.1) is 0 Å². The molecule has 17 heavy (non-hydrogen) atoms.